The molecule has 0 atom stereocenters. The van der Waals surface area contributed by atoms with Crippen LogP contribution in [0.4, 0.5) is 5.69 Å². The molecule has 0 amide bonds. The number of carboxylic acids is 1. The van der Waals surface area contributed by atoms with Crippen molar-refractivity contribution in [1.29, 1.82) is 0 Å². The van der Waals surface area contributed by atoms with Gasteiger partial charge in [0, 0.05) is 31.6 Å². The molecule has 108 valence electrons. The molecule has 1 N–H and O–H groups in total. The van der Waals surface area contributed by atoms with Gasteiger partial charge in [-0.25, -0.2) is 0 Å². The standard InChI is InChI=1S/C15H19NO4/c17-14(18)11-12-1-3-13(4-2-12)16-7-5-15(6-8-16)19-9-10-20-15/h1-4H,5-11H2,(H,17,18). The highest BCUT2D eigenvalue weighted by Gasteiger charge is 2.39. The monoisotopic (exact) mass is 277 g/mol. The molecule has 5 heteroatoms. The molecule has 2 fully saturated rings. The van der Waals surface area contributed by atoms with E-state index in [-0.39, 0.29) is 12.2 Å². The Morgan fingerprint density at radius 3 is 2.30 bits per heavy atom. The predicted molar refractivity (Wildman–Crippen MR) is 73.9 cm³/mol. The van der Waals surface area contributed by atoms with Gasteiger partial charge in [0.25, 0.3) is 0 Å². The summed E-state index contributed by atoms with van der Waals surface area (Å²) in [5.74, 6) is -1.15. The Balaban J connectivity index is 1.61. The smallest absolute Gasteiger partial charge is 0.307 e. The van der Waals surface area contributed by atoms with Crippen LogP contribution in [0.15, 0.2) is 24.3 Å². The SMILES string of the molecule is O=C(O)Cc1ccc(N2CCC3(CC2)OCCO3)cc1. The van der Waals surface area contributed by atoms with Crippen molar-refractivity contribution in [2.75, 3.05) is 31.2 Å². The second-order valence-electron chi connectivity index (χ2n) is 5.33. The van der Waals surface area contributed by atoms with Crippen LogP contribution in [0, 0.1) is 0 Å². The minimum atomic E-state index is -0.798. The van der Waals surface area contributed by atoms with Crippen molar-refractivity contribution in [2.24, 2.45) is 0 Å². The van der Waals surface area contributed by atoms with E-state index in [4.69, 9.17) is 14.6 Å². The Hall–Kier alpha value is -1.59. The Kier molecular flexibility index (Phi) is 3.63. The van der Waals surface area contributed by atoms with E-state index < -0.39 is 5.97 Å². The molecular weight excluding hydrogens is 258 g/mol. The lowest BCUT2D eigenvalue weighted by Gasteiger charge is -2.38. The van der Waals surface area contributed by atoms with Gasteiger partial charge in [-0.15, -0.1) is 0 Å². The molecule has 2 aliphatic heterocycles. The van der Waals surface area contributed by atoms with Crippen LogP contribution in [0.5, 0.6) is 0 Å². The average molecular weight is 277 g/mol. The van der Waals surface area contributed by atoms with E-state index in [0.717, 1.165) is 37.2 Å². The highest BCUT2D eigenvalue weighted by molar-refractivity contribution is 5.70. The molecule has 1 spiro atoms. The molecule has 20 heavy (non-hydrogen) atoms. The highest BCUT2D eigenvalue weighted by atomic mass is 16.7. The van der Waals surface area contributed by atoms with Crippen LogP contribution < -0.4 is 4.90 Å². The van der Waals surface area contributed by atoms with Crippen LogP contribution in [-0.2, 0) is 20.7 Å². The number of anilines is 1. The van der Waals surface area contributed by atoms with Crippen molar-refractivity contribution < 1.29 is 19.4 Å². The largest absolute Gasteiger partial charge is 0.481 e. The third kappa shape index (κ3) is 2.78. The number of rotatable bonds is 3. The second kappa shape index (κ2) is 5.42. The van der Waals surface area contributed by atoms with Gasteiger partial charge >= 0.3 is 5.97 Å². The summed E-state index contributed by atoms with van der Waals surface area (Å²) in [5, 5.41) is 8.76. The maximum atomic E-state index is 10.7. The maximum Gasteiger partial charge on any atom is 0.307 e. The number of aliphatic carboxylic acids is 1. The van der Waals surface area contributed by atoms with E-state index >= 15 is 0 Å². The molecule has 0 saturated carbocycles. The Morgan fingerprint density at radius 1 is 1.15 bits per heavy atom. The molecule has 2 saturated heterocycles. The molecule has 0 unspecified atom stereocenters. The Labute approximate surface area is 118 Å². The molecule has 3 rings (SSSR count). The van der Waals surface area contributed by atoms with Gasteiger partial charge in [0.2, 0.25) is 0 Å². The van der Waals surface area contributed by atoms with Gasteiger partial charge < -0.3 is 19.5 Å². The van der Waals surface area contributed by atoms with Gasteiger partial charge in [-0.1, -0.05) is 12.1 Å². The lowest BCUT2D eigenvalue weighted by atomic mass is 10.0. The molecule has 5 nitrogen and oxygen atoms in total. The maximum absolute atomic E-state index is 10.7. The van der Waals surface area contributed by atoms with Gasteiger partial charge in [-0.05, 0) is 17.7 Å². The van der Waals surface area contributed by atoms with E-state index in [1.54, 1.807) is 0 Å². The number of piperidine rings is 1. The first kappa shape index (κ1) is 13.4. The van der Waals surface area contributed by atoms with Gasteiger partial charge in [-0.2, -0.15) is 0 Å². The van der Waals surface area contributed by atoms with E-state index in [2.05, 4.69) is 4.90 Å². The fourth-order valence-corrected chi connectivity index (χ4v) is 2.89. The van der Waals surface area contributed by atoms with Gasteiger partial charge in [0.1, 0.15) is 0 Å². The lowest BCUT2D eigenvalue weighted by molar-refractivity contribution is -0.169. The first-order valence-corrected chi connectivity index (χ1v) is 7.00. The van der Waals surface area contributed by atoms with E-state index in [1.165, 1.54) is 0 Å². The normalized spacial score (nSPS) is 21.3. The predicted octanol–water partition coefficient (Wildman–Crippen LogP) is 1.66. The summed E-state index contributed by atoms with van der Waals surface area (Å²) in [4.78, 5) is 13.0. The van der Waals surface area contributed by atoms with E-state index in [9.17, 15) is 4.79 Å². The van der Waals surface area contributed by atoms with E-state index in [1.807, 2.05) is 24.3 Å². The number of ether oxygens (including phenoxy) is 2. The first-order chi connectivity index (χ1) is 9.67. The van der Waals surface area contributed by atoms with Crippen molar-refractivity contribution in [1.82, 2.24) is 0 Å². The van der Waals surface area contributed by atoms with Crippen molar-refractivity contribution in [3.05, 3.63) is 29.8 Å². The second-order valence-corrected chi connectivity index (χ2v) is 5.33. The quantitative estimate of drug-likeness (QED) is 0.910. The summed E-state index contributed by atoms with van der Waals surface area (Å²) in [7, 11) is 0. The topological polar surface area (TPSA) is 59.0 Å². The zero-order valence-electron chi connectivity index (χ0n) is 11.4. The molecule has 0 aromatic heterocycles. The summed E-state index contributed by atoms with van der Waals surface area (Å²) in [6, 6.07) is 7.76. The van der Waals surface area contributed by atoms with Gasteiger partial charge in [0.15, 0.2) is 5.79 Å². The third-order valence-electron chi connectivity index (χ3n) is 4.00. The van der Waals surface area contributed by atoms with E-state index in [0.29, 0.717) is 13.2 Å². The summed E-state index contributed by atoms with van der Waals surface area (Å²) >= 11 is 0. The molecule has 0 aliphatic carbocycles. The molecule has 0 radical (unpaired) electrons. The van der Waals surface area contributed by atoms with Gasteiger partial charge in [0.05, 0.1) is 19.6 Å². The Morgan fingerprint density at radius 2 is 1.75 bits per heavy atom. The average Bonchev–Trinajstić information content (AvgIpc) is 2.89. The minimum absolute atomic E-state index is 0.0745. The van der Waals surface area contributed by atoms with Crippen LogP contribution >= 0.6 is 0 Å². The van der Waals surface area contributed by atoms with Crippen LogP contribution in [0.3, 0.4) is 0 Å². The van der Waals surface area contributed by atoms with Crippen LogP contribution in [0.1, 0.15) is 18.4 Å². The Bertz CT molecular complexity index is 469. The molecule has 2 aliphatic rings. The highest BCUT2D eigenvalue weighted by Crippen LogP contribution is 2.33. The molecule has 0 bridgehead atoms. The number of hydrogen-bond acceptors (Lipinski definition) is 4. The summed E-state index contributed by atoms with van der Waals surface area (Å²) in [6.45, 7) is 3.20. The van der Waals surface area contributed by atoms with Gasteiger partial charge in [-0.3, -0.25) is 4.79 Å². The lowest BCUT2D eigenvalue weighted by Crippen LogP contribution is -2.45. The molecule has 1 aromatic carbocycles. The summed E-state index contributed by atoms with van der Waals surface area (Å²) < 4.78 is 11.4. The molecule has 1 aromatic rings. The summed E-state index contributed by atoms with van der Waals surface area (Å²) in [6.07, 6.45) is 1.83. The first-order valence-electron chi connectivity index (χ1n) is 7.00. The molecular formula is C15H19NO4. The zero-order valence-corrected chi connectivity index (χ0v) is 11.4. The molecule has 2 heterocycles. The third-order valence-corrected chi connectivity index (χ3v) is 4.00. The van der Waals surface area contributed by atoms with Crippen LogP contribution in [-0.4, -0.2) is 43.2 Å². The van der Waals surface area contributed by atoms with Crippen LogP contribution in [0.2, 0.25) is 0 Å². The number of carboxylic acid groups (broad SMARTS) is 1. The zero-order chi connectivity index (χ0) is 14.0. The van der Waals surface area contributed by atoms with Crippen molar-refractivity contribution in [3.63, 3.8) is 0 Å². The number of carbonyl (C=O) groups is 1. The fraction of sp³-hybridized carbons (Fsp3) is 0.533. The van der Waals surface area contributed by atoms with Crippen LogP contribution in [0.25, 0.3) is 0 Å². The minimum Gasteiger partial charge on any atom is -0.481 e. The van der Waals surface area contributed by atoms with Crippen molar-refractivity contribution >= 4 is 11.7 Å². The summed E-state index contributed by atoms with van der Waals surface area (Å²) in [5.41, 5.74) is 1.96. The number of nitrogens with zero attached hydrogens (tertiary/aromatic N) is 1. The van der Waals surface area contributed by atoms with Crippen molar-refractivity contribution in [2.45, 2.75) is 25.0 Å². The number of benzene rings is 1. The number of hydrogen-bond donors (Lipinski definition) is 1. The fourth-order valence-electron chi connectivity index (χ4n) is 2.89. The van der Waals surface area contributed by atoms with Crippen molar-refractivity contribution in [3.8, 4) is 0 Å².